The van der Waals surface area contributed by atoms with Gasteiger partial charge < -0.3 is 5.11 Å². The van der Waals surface area contributed by atoms with E-state index in [1.807, 2.05) is 18.2 Å². The average molecular weight is 245 g/mol. The van der Waals surface area contributed by atoms with Gasteiger partial charge in [-0.15, -0.1) is 6.58 Å². The standard InChI is InChI=1S/C15H19NO2/c1-2-9-16-10-7-12(8-11-16)13-5-3-4-6-14(13)15(17)18/h2-6,12H,1,7-11H2,(H,17,18). The Morgan fingerprint density at radius 1 is 1.39 bits per heavy atom. The minimum absolute atomic E-state index is 0.373. The summed E-state index contributed by atoms with van der Waals surface area (Å²) in [5.74, 6) is -0.447. The van der Waals surface area contributed by atoms with Crippen LogP contribution in [0.3, 0.4) is 0 Å². The minimum Gasteiger partial charge on any atom is -0.478 e. The Morgan fingerprint density at radius 2 is 2.06 bits per heavy atom. The highest BCUT2D eigenvalue weighted by atomic mass is 16.4. The Kier molecular flexibility index (Phi) is 4.15. The van der Waals surface area contributed by atoms with Crippen LogP contribution in [0.2, 0.25) is 0 Å². The van der Waals surface area contributed by atoms with E-state index in [1.165, 1.54) is 0 Å². The molecule has 0 spiro atoms. The van der Waals surface area contributed by atoms with Crippen molar-refractivity contribution in [1.82, 2.24) is 4.90 Å². The Labute approximate surface area is 108 Å². The molecule has 0 amide bonds. The van der Waals surface area contributed by atoms with Crippen molar-refractivity contribution in [3.63, 3.8) is 0 Å². The summed E-state index contributed by atoms with van der Waals surface area (Å²) in [5, 5.41) is 9.21. The second-order valence-electron chi connectivity index (χ2n) is 4.76. The van der Waals surface area contributed by atoms with Crippen molar-refractivity contribution in [2.24, 2.45) is 0 Å². The van der Waals surface area contributed by atoms with Crippen molar-refractivity contribution in [3.05, 3.63) is 48.0 Å². The number of carboxylic acids is 1. The van der Waals surface area contributed by atoms with E-state index in [0.29, 0.717) is 11.5 Å². The zero-order valence-electron chi connectivity index (χ0n) is 10.5. The summed E-state index contributed by atoms with van der Waals surface area (Å²) in [7, 11) is 0. The quantitative estimate of drug-likeness (QED) is 0.829. The number of carboxylic acid groups (broad SMARTS) is 1. The Bertz CT molecular complexity index is 434. The maximum Gasteiger partial charge on any atom is 0.335 e. The molecule has 1 aromatic carbocycles. The molecule has 0 atom stereocenters. The molecule has 1 aromatic rings. The van der Waals surface area contributed by atoms with Crippen molar-refractivity contribution in [2.75, 3.05) is 19.6 Å². The molecule has 1 saturated heterocycles. The summed E-state index contributed by atoms with van der Waals surface area (Å²) in [6.07, 6.45) is 3.97. The predicted octanol–water partition coefficient (Wildman–Crippen LogP) is 2.75. The van der Waals surface area contributed by atoms with E-state index in [-0.39, 0.29) is 0 Å². The van der Waals surface area contributed by atoms with E-state index in [2.05, 4.69) is 11.5 Å². The fourth-order valence-electron chi connectivity index (χ4n) is 2.66. The van der Waals surface area contributed by atoms with E-state index in [0.717, 1.165) is 38.0 Å². The van der Waals surface area contributed by atoms with Gasteiger partial charge in [-0.2, -0.15) is 0 Å². The summed E-state index contributed by atoms with van der Waals surface area (Å²) in [4.78, 5) is 13.6. The lowest BCUT2D eigenvalue weighted by Crippen LogP contribution is -2.33. The van der Waals surface area contributed by atoms with Crippen LogP contribution in [-0.4, -0.2) is 35.6 Å². The van der Waals surface area contributed by atoms with Crippen LogP contribution in [0.4, 0.5) is 0 Å². The third kappa shape index (κ3) is 2.79. The fourth-order valence-corrected chi connectivity index (χ4v) is 2.66. The zero-order chi connectivity index (χ0) is 13.0. The van der Waals surface area contributed by atoms with Gasteiger partial charge in [0.25, 0.3) is 0 Å². The molecule has 3 nitrogen and oxygen atoms in total. The fraction of sp³-hybridized carbons (Fsp3) is 0.400. The SMILES string of the molecule is C=CCN1CCC(c2ccccc2C(=O)O)CC1. The van der Waals surface area contributed by atoms with Gasteiger partial charge >= 0.3 is 5.97 Å². The molecule has 1 N–H and O–H groups in total. The summed E-state index contributed by atoms with van der Waals surface area (Å²) in [6, 6.07) is 7.38. The number of hydrogen-bond donors (Lipinski definition) is 1. The van der Waals surface area contributed by atoms with Gasteiger partial charge in [0.15, 0.2) is 0 Å². The number of piperidine rings is 1. The van der Waals surface area contributed by atoms with Gasteiger partial charge in [0.05, 0.1) is 5.56 Å². The van der Waals surface area contributed by atoms with Gasteiger partial charge in [0, 0.05) is 6.54 Å². The molecule has 1 heterocycles. The molecule has 0 unspecified atom stereocenters. The molecule has 0 radical (unpaired) electrons. The van der Waals surface area contributed by atoms with Crippen molar-refractivity contribution < 1.29 is 9.90 Å². The van der Waals surface area contributed by atoms with E-state index < -0.39 is 5.97 Å². The van der Waals surface area contributed by atoms with Crippen molar-refractivity contribution in [2.45, 2.75) is 18.8 Å². The molecule has 1 fully saturated rings. The Balaban J connectivity index is 2.10. The van der Waals surface area contributed by atoms with Crippen molar-refractivity contribution in [1.29, 1.82) is 0 Å². The lowest BCUT2D eigenvalue weighted by molar-refractivity contribution is 0.0694. The molecule has 0 bridgehead atoms. The number of rotatable bonds is 4. The first-order valence-corrected chi connectivity index (χ1v) is 6.38. The van der Waals surface area contributed by atoms with Crippen LogP contribution in [0.1, 0.15) is 34.7 Å². The molecule has 1 aliphatic rings. The van der Waals surface area contributed by atoms with Gasteiger partial charge in [0.2, 0.25) is 0 Å². The van der Waals surface area contributed by atoms with Crippen molar-refractivity contribution in [3.8, 4) is 0 Å². The smallest absolute Gasteiger partial charge is 0.335 e. The summed E-state index contributed by atoms with van der Waals surface area (Å²) < 4.78 is 0. The molecule has 3 heteroatoms. The molecule has 18 heavy (non-hydrogen) atoms. The molecule has 0 aromatic heterocycles. The van der Waals surface area contributed by atoms with E-state index in [4.69, 9.17) is 0 Å². The Hall–Kier alpha value is -1.61. The van der Waals surface area contributed by atoms with Crippen LogP contribution in [-0.2, 0) is 0 Å². The maximum absolute atomic E-state index is 11.2. The summed E-state index contributed by atoms with van der Waals surface area (Å²) in [6.45, 7) is 6.71. The van der Waals surface area contributed by atoms with Crippen LogP contribution in [0.25, 0.3) is 0 Å². The monoisotopic (exact) mass is 245 g/mol. The molecule has 0 aliphatic carbocycles. The van der Waals surface area contributed by atoms with Crippen molar-refractivity contribution >= 4 is 5.97 Å². The number of aromatic carboxylic acids is 1. The number of hydrogen-bond acceptors (Lipinski definition) is 2. The maximum atomic E-state index is 11.2. The lowest BCUT2D eigenvalue weighted by Gasteiger charge is -2.31. The van der Waals surface area contributed by atoms with Gasteiger partial charge in [-0.3, -0.25) is 4.90 Å². The highest BCUT2D eigenvalue weighted by Gasteiger charge is 2.23. The van der Waals surface area contributed by atoms with Gasteiger partial charge in [0.1, 0.15) is 0 Å². The van der Waals surface area contributed by atoms with Crippen LogP contribution >= 0.6 is 0 Å². The van der Waals surface area contributed by atoms with E-state index >= 15 is 0 Å². The summed E-state index contributed by atoms with van der Waals surface area (Å²) >= 11 is 0. The second kappa shape index (κ2) is 5.83. The van der Waals surface area contributed by atoms with Crippen LogP contribution < -0.4 is 0 Å². The van der Waals surface area contributed by atoms with Gasteiger partial charge in [-0.05, 0) is 43.5 Å². The zero-order valence-corrected chi connectivity index (χ0v) is 10.5. The third-order valence-electron chi connectivity index (χ3n) is 3.61. The molecule has 96 valence electrons. The first-order valence-electron chi connectivity index (χ1n) is 6.38. The molecule has 1 aliphatic heterocycles. The number of benzene rings is 1. The van der Waals surface area contributed by atoms with Crippen LogP contribution in [0.5, 0.6) is 0 Å². The van der Waals surface area contributed by atoms with Crippen LogP contribution in [0.15, 0.2) is 36.9 Å². The summed E-state index contributed by atoms with van der Waals surface area (Å²) in [5.41, 5.74) is 1.45. The number of carbonyl (C=O) groups is 1. The van der Waals surface area contributed by atoms with Gasteiger partial charge in [-0.25, -0.2) is 4.79 Å². The number of nitrogens with zero attached hydrogens (tertiary/aromatic N) is 1. The minimum atomic E-state index is -0.820. The lowest BCUT2D eigenvalue weighted by atomic mass is 9.86. The number of likely N-dealkylation sites (tertiary alicyclic amines) is 1. The first kappa shape index (κ1) is 12.8. The van der Waals surface area contributed by atoms with E-state index in [1.54, 1.807) is 12.1 Å². The molecular weight excluding hydrogens is 226 g/mol. The highest BCUT2D eigenvalue weighted by molar-refractivity contribution is 5.89. The first-order chi connectivity index (χ1) is 8.72. The van der Waals surface area contributed by atoms with Gasteiger partial charge in [-0.1, -0.05) is 24.3 Å². The largest absolute Gasteiger partial charge is 0.478 e. The molecular formula is C15H19NO2. The Morgan fingerprint density at radius 3 is 2.67 bits per heavy atom. The van der Waals surface area contributed by atoms with Crippen LogP contribution in [0, 0.1) is 0 Å². The van der Waals surface area contributed by atoms with E-state index in [9.17, 15) is 9.90 Å². The predicted molar refractivity (Wildman–Crippen MR) is 72.0 cm³/mol. The normalized spacial score (nSPS) is 17.6. The third-order valence-corrected chi connectivity index (χ3v) is 3.61. The topological polar surface area (TPSA) is 40.5 Å². The average Bonchev–Trinajstić information content (AvgIpc) is 2.40. The molecule has 0 saturated carbocycles. The highest BCUT2D eigenvalue weighted by Crippen LogP contribution is 2.30. The second-order valence-corrected chi connectivity index (χ2v) is 4.76. The molecule has 2 rings (SSSR count).